The molecular formula is C13H20N2O2S. The molecule has 0 saturated carbocycles. The average molecular weight is 268 g/mol. The van der Waals surface area contributed by atoms with Crippen molar-refractivity contribution in [3.8, 4) is 0 Å². The fourth-order valence-corrected chi connectivity index (χ4v) is 2.21. The van der Waals surface area contributed by atoms with Gasteiger partial charge >= 0.3 is 6.03 Å². The maximum Gasteiger partial charge on any atom is 0.315 e. The van der Waals surface area contributed by atoms with Gasteiger partial charge in [-0.05, 0) is 24.3 Å². The van der Waals surface area contributed by atoms with Crippen LogP contribution in [0.5, 0.6) is 0 Å². The first-order valence-electron chi connectivity index (χ1n) is 5.88. The molecule has 2 amide bonds. The van der Waals surface area contributed by atoms with Gasteiger partial charge in [0.05, 0.1) is 6.61 Å². The Hall–Kier alpha value is -1.20. The Bertz CT molecular complexity index is 385. The molecule has 100 valence electrons. The highest BCUT2D eigenvalue weighted by Crippen LogP contribution is 2.07. The quantitative estimate of drug-likeness (QED) is 0.736. The standard InChI is InChI=1S/C13H20N2O2S/c1-10(9-18-2)15-13(17)14-7-11-5-3-4-6-12(11)8-16/h3-6,10,16H,7-9H2,1-2H3,(H2,14,15,17). The lowest BCUT2D eigenvalue weighted by molar-refractivity contribution is 0.238. The van der Waals surface area contributed by atoms with E-state index in [0.717, 1.165) is 16.9 Å². The summed E-state index contributed by atoms with van der Waals surface area (Å²) < 4.78 is 0. The summed E-state index contributed by atoms with van der Waals surface area (Å²) >= 11 is 1.70. The number of nitrogens with one attached hydrogen (secondary N) is 2. The van der Waals surface area contributed by atoms with Gasteiger partial charge in [0.15, 0.2) is 0 Å². The van der Waals surface area contributed by atoms with Gasteiger partial charge in [0.25, 0.3) is 0 Å². The molecule has 0 saturated heterocycles. The van der Waals surface area contributed by atoms with E-state index in [9.17, 15) is 4.79 Å². The summed E-state index contributed by atoms with van der Waals surface area (Å²) in [7, 11) is 0. The van der Waals surface area contributed by atoms with Crippen LogP contribution in [0.3, 0.4) is 0 Å². The van der Waals surface area contributed by atoms with E-state index in [0.29, 0.717) is 6.54 Å². The lowest BCUT2D eigenvalue weighted by Crippen LogP contribution is -2.41. The molecule has 1 unspecified atom stereocenters. The van der Waals surface area contributed by atoms with Gasteiger partial charge in [0.2, 0.25) is 0 Å². The summed E-state index contributed by atoms with van der Waals surface area (Å²) in [6, 6.07) is 7.49. The first-order valence-corrected chi connectivity index (χ1v) is 7.27. The largest absolute Gasteiger partial charge is 0.392 e. The van der Waals surface area contributed by atoms with Gasteiger partial charge in [0, 0.05) is 18.3 Å². The Labute approximate surface area is 112 Å². The molecule has 0 fully saturated rings. The third-order valence-electron chi connectivity index (χ3n) is 2.52. The van der Waals surface area contributed by atoms with Gasteiger partial charge in [-0.25, -0.2) is 4.79 Å². The van der Waals surface area contributed by atoms with Crippen LogP contribution in [0.25, 0.3) is 0 Å². The maximum atomic E-state index is 11.6. The van der Waals surface area contributed by atoms with Crippen molar-refractivity contribution in [2.75, 3.05) is 12.0 Å². The zero-order chi connectivity index (χ0) is 13.4. The number of hydrogen-bond acceptors (Lipinski definition) is 3. The molecule has 3 N–H and O–H groups in total. The minimum absolute atomic E-state index is 0.0116. The molecule has 1 atom stereocenters. The van der Waals surface area contributed by atoms with Crippen molar-refractivity contribution < 1.29 is 9.90 Å². The molecule has 18 heavy (non-hydrogen) atoms. The number of carbonyl (C=O) groups is 1. The predicted octanol–water partition coefficient (Wildman–Crippen LogP) is 1.73. The van der Waals surface area contributed by atoms with Gasteiger partial charge < -0.3 is 15.7 Å². The van der Waals surface area contributed by atoms with Crippen LogP contribution in [-0.2, 0) is 13.2 Å². The molecule has 0 aliphatic carbocycles. The Morgan fingerprint density at radius 1 is 1.39 bits per heavy atom. The third kappa shape index (κ3) is 4.98. The second-order valence-corrected chi connectivity index (χ2v) is 5.02. The maximum absolute atomic E-state index is 11.6. The number of aliphatic hydroxyl groups is 1. The van der Waals surface area contributed by atoms with Crippen LogP contribution in [0.4, 0.5) is 4.79 Å². The number of thioether (sulfide) groups is 1. The van der Waals surface area contributed by atoms with Crippen molar-refractivity contribution in [3.63, 3.8) is 0 Å². The van der Waals surface area contributed by atoms with Crippen molar-refractivity contribution in [2.45, 2.75) is 26.1 Å². The van der Waals surface area contributed by atoms with Crippen LogP contribution in [0.2, 0.25) is 0 Å². The van der Waals surface area contributed by atoms with Crippen LogP contribution in [0, 0.1) is 0 Å². The molecule has 0 radical (unpaired) electrons. The lowest BCUT2D eigenvalue weighted by Gasteiger charge is -2.14. The van der Waals surface area contributed by atoms with Crippen LogP contribution in [0.15, 0.2) is 24.3 Å². The average Bonchev–Trinajstić information content (AvgIpc) is 2.37. The van der Waals surface area contributed by atoms with Crippen molar-refractivity contribution in [1.82, 2.24) is 10.6 Å². The van der Waals surface area contributed by atoms with Gasteiger partial charge in [-0.2, -0.15) is 11.8 Å². The molecule has 0 heterocycles. The molecule has 0 bridgehead atoms. The number of amides is 2. The highest BCUT2D eigenvalue weighted by atomic mass is 32.2. The van der Waals surface area contributed by atoms with Crippen LogP contribution >= 0.6 is 11.8 Å². The molecule has 1 aromatic rings. The molecule has 1 aromatic carbocycles. The summed E-state index contributed by atoms with van der Waals surface area (Å²) in [6.07, 6.45) is 2.01. The zero-order valence-electron chi connectivity index (χ0n) is 10.8. The number of hydrogen-bond donors (Lipinski definition) is 3. The smallest absolute Gasteiger partial charge is 0.315 e. The van der Waals surface area contributed by atoms with Crippen molar-refractivity contribution in [1.29, 1.82) is 0 Å². The van der Waals surface area contributed by atoms with Crippen molar-refractivity contribution >= 4 is 17.8 Å². The van der Waals surface area contributed by atoms with E-state index in [1.165, 1.54) is 0 Å². The molecule has 0 spiro atoms. The predicted molar refractivity (Wildman–Crippen MR) is 75.6 cm³/mol. The van der Waals surface area contributed by atoms with E-state index < -0.39 is 0 Å². The van der Waals surface area contributed by atoms with Crippen LogP contribution < -0.4 is 10.6 Å². The van der Waals surface area contributed by atoms with Crippen molar-refractivity contribution in [2.24, 2.45) is 0 Å². The van der Waals surface area contributed by atoms with Crippen LogP contribution in [-0.4, -0.2) is 29.2 Å². The normalized spacial score (nSPS) is 11.9. The molecule has 0 aliphatic rings. The Kier molecular flexibility index (Phi) is 6.60. The van der Waals surface area contributed by atoms with E-state index in [4.69, 9.17) is 5.11 Å². The third-order valence-corrected chi connectivity index (χ3v) is 3.36. The minimum Gasteiger partial charge on any atom is -0.392 e. The van der Waals surface area contributed by atoms with E-state index in [-0.39, 0.29) is 18.7 Å². The van der Waals surface area contributed by atoms with Gasteiger partial charge in [0.1, 0.15) is 0 Å². The molecule has 1 rings (SSSR count). The summed E-state index contributed by atoms with van der Waals surface area (Å²) in [5.41, 5.74) is 1.78. The Morgan fingerprint density at radius 2 is 2.06 bits per heavy atom. The topological polar surface area (TPSA) is 61.4 Å². The number of benzene rings is 1. The minimum atomic E-state index is -0.177. The number of rotatable bonds is 6. The summed E-state index contributed by atoms with van der Waals surface area (Å²) in [4.78, 5) is 11.6. The van der Waals surface area contributed by atoms with Gasteiger partial charge in [-0.15, -0.1) is 0 Å². The summed E-state index contributed by atoms with van der Waals surface area (Å²) in [5.74, 6) is 0.890. The number of carbonyl (C=O) groups excluding carboxylic acids is 1. The van der Waals surface area contributed by atoms with Crippen molar-refractivity contribution in [3.05, 3.63) is 35.4 Å². The highest BCUT2D eigenvalue weighted by molar-refractivity contribution is 7.98. The molecule has 4 nitrogen and oxygen atoms in total. The molecular weight excluding hydrogens is 248 g/mol. The molecule has 0 aromatic heterocycles. The van der Waals surface area contributed by atoms with E-state index in [1.54, 1.807) is 11.8 Å². The number of urea groups is 1. The van der Waals surface area contributed by atoms with E-state index >= 15 is 0 Å². The highest BCUT2D eigenvalue weighted by Gasteiger charge is 2.07. The van der Waals surface area contributed by atoms with E-state index in [2.05, 4.69) is 10.6 Å². The fourth-order valence-electron chi connectivity index (χ4n) is 1.63. The van der Waals surface area contributed by atoms with Gasteiger partial charge in [-0.3, -0.25) is 0 Å². The second-order valence-electron chi connectivity index (χ2n) is 4.11. The van der Waals surface area contributed by atoms with E-state index in [1.807, 2.05) is 37.4 Å². The SMILES string of the molecule is CSCC(C)NC(=O)NCc1ccccc1CO. The van der Waals surface area contributed by atoms with Gasteiger partial charge in [-0.1, -0.05) is 24.3 Å². The molecule has 5 heteroatoms. The second kappa shape index (κ2) is 8.00. The monoisotopic (exact) mass is 268 g/mol. The fraction of sp³-hybridized carbons (Fsp3) is 0.462. The summed E-state index contributed by atoms with van der Waals surface area (Å²) in [5, 5.41) is 14.8. The number of aliphatic hydroxyl groups excluding tert-OH is 1. The molecule has 0 aliphatic heterocycles. The Morgan fingerprint density at radius 3 is 2.67 bits per heavy atom. The Balaban J connectivity index is 2.42. The zero-order valence-corrected chi connectivity index (χ0v) is 11.6. The first-order chi connectivity index (χ1) is 8.67. The van der Waals surface area contributed by atoms with Crippen LogP contribution in [0.1, 0.15) is 18.1 Å². The first kappa shape index (κ1) is 14.9. The summed E-state index contributed by atoms with van der Waals surface area (Å²) in [6.45, 7) is 2.38. The lowest BCUT2D eigenvalue weighted by atomic mass is 10.1.